The van der Waals surface area contributed by atoms with E-state index in [1.807, 2.05) is 24.8 Å². The second-order valence-corrected chi connectivity index (χ2v) is 7.53. The lowest BCUT2D eigenvalue weighted by atomic mass is 10.1. The van der Waals surface area contributed by atoms with Crippen LogP contribution in [0.4, 0.5) is 10.5 Å². The predicted molar refractivity (Wildman–Crippen MR) is 107 cm³/mol. The highest BCUT2D eigenvalue weighted by molar-refractivity contribution is 5.74. The van der Waals surface area contributed by atoms with Gasteiger partial charge < -0.3 is 20.9 Å². The van der Waals surface area contributed by atoms with Crippen LogP contribution in [-0.4, -0.2) is 49.2 Å². The van der Waals surface area contributed by atoms with Crippen molar-refractivity contribution in [3.05, 3.63) is 54.6 Å². The number of nitrogens with one attached hydrogen (secondary N) is 1. The fraction of sp³-hybridized carbons (Fsp3) is 0.381. The maximum atomic E-state index is 12.2. The molecule has 2 aromatic carbocycles. The Morgan fingerprint density at radius 1 is 0.962 bits per heavy atom. The monoisotopic (exact) mass is 352 g/mol. The summed E-state index contributed by atoms with van der Waals surface area (Å²) in [4.78, 5) is 16.4. The average Bonchev–Trinajstić information content (AvgIpc) is 2.66. The van der Waals surface area contributed by atoms with E-state index < -0.39 is 5.54 Å². The molecule has 0 unspecified atom stereocenters. The van der Waals surface area contributed by atoms with Crippen LogP contribution in [0, 0.1) is 0 Å². The van der Waals surface area contributed by atoms with Gasteiger partial charge in [-0.15, -0.1) is 0 Å². The molecular formula is C21H28N4O. The quantitative estimate of drug-likeness (QED) is 0.889. The van der Waals surface area contributed by atoms with Crippen LogP contribution in [-0.2, 0) is 0 Å². The molecule has 2 amide bonds. The Morgan fingerprint density at radius 3 is 2.12 bits per heavy atom. The Labute approximate surface area is 155 Å². The summed E-state index contributed by atoms with van der Waals surface area (Å²) in [7, 11) is 0. The van der Waals surface area contributed by atoms with Crippen molar-refractivity contribution in [2.75, 3.05) is 37.6 Å². The van der Waals surface area contributed by atoms with Gasteiger partial charge in [-0.2, -0.15) is 0 Å². The van der Waals surface area contributed by atoms with Gasteiger partial charge >= 0.3 is 6.03 Å². The molecule has 138 valence electrons. The van der Waals surface area contributed by atoms with Gasteiger partial charge in [-0.25, -0.2) is 4.79 Å². The molecule has 0 atom stereocenters. The van der Waals surface area contributed by atoms with E-state index >= 15 is 0 Å². The molecule has 26 heavy (non-hydrogen) atoms. The predicted octanol–water partition coefficient (Wildman–Crippen LogP) is 2.92. The van der Waals surface area contributed by atoms with Crippen molar-refractivity contribution in [3.63, 3.8) is 0 Å². The van der Waals surface area contributed by atoms with Gasteiger partial charge in [0.25, 0.3) is 0 Å². The second kappa shape index (κ2) is 7.79. The highest BCUT2D eigenvalue weighted by atomic mass is 16.2. The third-order valence-electron chi connectivity index (χ3n) is 4.60. The lowest BCUT2D eigenvalue weighted by Gasteiger charge is -2.36. The van der Waals surface area contributed by atoms with Gasteiger partial charge in [-0.1, -0.05) is 42.5 Å². The van der Waals surface area contributed by atoms with Gasteiger partial charge in [0.1, 0.15) is 0 Å². The van der Waals surface area contributed by atoms with E-state index in [0.717, 1.165) is 26.2 Å². The van der Waals surface area contributed by atoms with Crippen LogP contribution < -0.4 is 16.0 Å². The van der Waals surface area contributed by atoms with E-state index in [-0.39, 0.29) is 6.03 Å². The second-order valence-electron chi connectivity index (χ2n) is 7.53. The van der Waals surface area contributed by atoms with Crippen LogP contribution in [0.1, 0.15) is 13.8 Å². The molecule has 1 saturated heterocycles. The van der Waals surface area contributed by atoms with Crippen molar-refractivity contribution < 1.29 is 4.79 Å². The zero-order valence-electron chi connectivity index (χ0n) is 15.6. The van der Waals surface area contributed by atoms with Crippen LogP contribution in [0.25, 0.3) is 11.1 Å². The SMILES string of the molecule is CC(C)(N)CNC(=O)N1CCN(c2ccc(-c3ccccc3)cc2)CC1. The van der Waals surface area contributed by atoms with Gasteiger partial charge in [0.2, 0.25) is 0 Å². The first-order valence-electron chi connectivity index (χ1n) is 9.14. The first-order chi connectivity index (χ1) is 12.4. The van der Waals surface area contributed by atoms with Gasteiger partial charge in [0.15, 0.2) is 0 Å². The van der Waals surface area contributed by atoms with Crippen LogP contribution in [0.3, 0.4) is 0 Å². The van der Waals surface area contributed by atoms with E-state index in [9.17, 15) is 4.79 Å². The fourth-order valence-electron chi connectivity index (χ4n) is 3.08. The number of piperazine rings is 1. The highest BCUT2D eigenvalue weighted by Gasteiger charge is 2.22. The van der Waals surface area contributed by atoms with Crippen molar-refractivity contribution in [3.8, 4) is 11.1 Å². The third kappa shape index (κ3) is 4.76. The maximum absolute atomic E-state index is 12.2. The summed E-state index contributed by atoms with van der Waals surface area (Å²) < 4.78 is 0. The van der Waals surface area contributed by atoms with Crippen LogP contribution >= 0.6 is 0 Å². The molecule has 3 rings (SSSR count). The number of carbonyl (C=O) groups excluding carboxylic acids is 1. The minimum atomic E-state index is -0.391. The molecule has 5 heteroatoms. The van der Waals surface area contributed by atoms with Crippen LogP contribution in [0.2, 0.25) is 0 Å². The summed E-state index contributed by atoms with van der Waals surface area (Å²) in [5.74, 6) is 0. The Morgan fingerprint density at radius 2 is 1.54 bits per heavy atom. The molecule has 1 fully saturated rings. The molecule has 5 nitrogen and oxygen atoms in total. The lowest BCUT2D eigenvalue weighted by Crippen LogP contribution is -2.54. The molecule has 1 aliphatic heterocycles. The average molecular weight is 352 g/mol. The number of benzene rings is 2. The highest BCUT2D eigenvalue weighted by Crippen LogP contribution is 2.23. The van der Waals surface area contributed by atoms with Crippen LogP contribution in [0.15, 0.2) is 54.6 Å². The standard InChI is InChI=1S/C21H28N4O/c1-21(2,22)16-23-20(26)25-14-12-24(13-15-25)19-10-8-18(9-11-19)17-6-4-3-5-7-17/h3-11H,12-16,22H2,1-2H3,(H,23,26). The fourth-order valence-corrected chi connectivity index (χ4v) is 3.08. The summed E-state index contributed by atoms with van der Waals surface area (Å²) >= 11 is 0. The van der Waals surface area contributed by atoms with Gasteiger partial charge in [0, 0.05) is 44.0 Å². The van der Waals surface area contributed by atoms with E-state index in [1.54, 1.807) is 0 Å². The molecule has 0 bridgehead atoms. The minimum absolute atomic E-state index is 0.0254. The Balaban J connectivity index is 1.54. The van der Waals surface area contributed by atoms with E-state index in [1.165, 1.54) is 16.8 Å². The van der Waals surface area contributed by atoms with Crippen molar-refractivity contribution in [2.45, 2.75) is 19.4 Å². The Bertz CT molecular complexity index is 714. The number of nitrogens with zero attached hydrogens (tertiary/aromatic N) is 2. The normalized spacial score (nSPS) is 15.0. The number of amides is 2. The number of rotatable bonds is 4. The smallest absolute Gasteiger partial charge is 0.317 e. The number of hydrogen-bond acceptors (Lipinski definition) is 3. The molecule has 0 spiro atoms. The van der Waals surface area contributed by atoms with E-state index in [0.29, 0.717) is 6.54 Å². The van der Waals surface area contributed by atoms with Crippen molar-refractivity contribution in [2.24, 2.45) is 5.73 Å². The first kappa shape index (κ1) is 18.3. The number of carbonyl (C=O) groups is 1. The van der Waals surface area contributed by atoms with Gasteiger partial charge in [-0.05, 0) is 37.1 Å². The molecule has 3 N–H and O–H groups in total. The molecular weight excluding hydrogens is 324 g/mol. The molecule has 1 aliphatic rings. The van der Waals surface area contributed by atoms with Gasteiger partial charge in [0.05, 0.1) is 0 Å². The maximum Gasteiger partial charge on any atom is 0.317 e. The zero-order chi connectivity index (χ0) is 18.6. The van der Waals surface area contributed by atoms with Gasteiger partial charge in [-0.3, -0.25) is 0 Å². The summed E-state index contributed by atoms with van der Waals surface area (Å²) in [6.45, 7) is 7.41. The zero-order valence-corrected chi connectivity index (χ0v) is 15.6. The number of urea groups is 1. The first-order valence-corrected chi connectivity index (χ1v) is 9.14. The summed E-state index contributed by atoms with van der Waals surface area (Å²) in [5.41, 5.74) is 9.18. The third-order valence-corrected chi connectivity index (χ3v) is 4.60. The molecule has 0 saturated carbocycles. The Kier molecular flexibility index (Phi) is 5.47. The molecule has 0 radical (unpaired) electrons. The molecule has 2 aromatic rings. The van der Waals surface area contributed by atoms with Crippen molar-refractivity contribution in [1.82, 2.24) is 10.2 Å². The van der Waals surface area contributed by atoms with Crippen LogP contribution in [0.5, 0.6) is 0 Å². The lowest BCUT2D eigenvalue weighted by molar-refractivity contribution is 0.192. The number of hydrogen-bond donors (Lipinski definition) is 2. The largest absolute Gasteiger partial charge is 0.368 e. The Hall–Kier alpha value is -2.53. The molecule has 1 heterocycles. The summed E-state index contributed by atoms with van der Waals surface area (Å²) in [6.07, 6.45) is 0. The minimum Gasteiger partial charge on any atom is -0.368 e. The van der Waals surface area contributed by atoms with E-state index in [2.05, 4.69) is 58.7 Å². The van der Waals surface area contributed by atoms with E-state index in [4.69, 9.17) is 5.73 Å². The number of anilines is 1. The van der Waals surface area contributed by atoms with Crippen molar-refractivity contribution >= 4 is 11.7 Å². The topological polar surface area (TPSA) is 61.6 Å². The van der Waals surface area contributed by atoms with Crippen molar-refractivity contribution in [1.29, 1.82) is 0 Å². The summed E-state index contributed by atoms with van der Waals surface area (Å²) in [6, 6.07) is 19.0. The summed E-state index contributed by atoms with van der Waals surface area (Å²) in [5, 5.41) is 2.92. The molecule has 0 aliphatic carbocycles. The number of nitrogens with two attached hydrogens (primary N) is 1. The molecule has 0 aromatic heterocycles.